The van der Waals surface area contributed by atoms with Gasteiger partial charge in [0, 0.05) is 71.1 Å². The largest absolute Gasteiger partial charge is 0.496 e. The predicted octanol–water partition coefficient (Wildman–Crippen LogP) is 7.28. The van der Waals surface area contributed by atoms with E-state index in [2.05, 4.69) is 50.8 Å². The summed E-state index contributed by atoms with van der Waals surface area (Å²) in [5.74, 6) is -1.35. The smallest absolute Gasteiger partial charge is 0.399 e. The standard InChI is InChI=1S/C11H15BFNO2.C10H7FN4O2.C10H9FN4.C5H4BrN3O2.C5H5N3O2.CH4/c1-10(2)11(3,4)16-12(15-10)8-5-9(13)7-14-6-8;11-7-1-6(2-13-3-7)8-4-14-5-9(10(8)12)15(16)17;11-7-1-6(2-14-3-7)8-4-15-5-9(12)10(8)13;6-3-1-8-2-4(5(3)7)9(10)11;6-4-1-2-7-3-5(4)8(9)10;/h5-7H,1-4H3;1-5H,(H2,12,14);1-5H,12H2,(H2,13,15);1-2H,(H2,7,8);1-3H,(H2,6,7);1H4. The number of hydrogen-bond acceptors (Lipinski definition) is 20. The maximum Gasteiger partial charge on any atom is 0.496 e. The Balaban J connectivity index is 0.000000234. The number of hydrogen-bond donors (Lipinski definition) is 5. The summed E-state index contributed by atoms with van der Waals surface area (Å²) in [7, 11) is -0.548. The third-order valence-corrected chi connectivity index (χ3v) is 10.2. The fourth-order valence-electron chi connectivity index (χ4n) is 5.34. The van der Waals surface area contributed by atoms with E-state index >= 15 is 0 Å². The van der Waals surface area contributed by atoms with Gasteiger partial charge in [-0.1, -0.05) is 7.43 Å². The molecule has 8 heterocycles. The van der Waals surface area contributed by atoms with Gasteiger partial charge in [0.25, 0.3) is 0 Å². The summed E-state index contributed by atoms with van der Waals surface area (Å²) >= 11 is 3.02. The molecule has 1 aliphatic rings. The lowest BCUT2D eigenvalue weighted by molar-refractivity contribution is -0.384. The molecule has 28 heteroatoms. The third-order valence-electron chi connectivity index (χ3n) is 9.61. The Hall–Kier alpha value is -8.50. The molecular weight excluding hydrogens is 990 g/mol. The van der Waals surface area contributed by atoms with Crippen LogP contribution in [0.4, 0.5) is 58.7 Å². The number of pyridine rings is 7. The molecule has 70 heavy (non-hydrogen) atoms. The normalized spacial score (nSPS) is 12.6. The Bertz CT molecular complexity index is 2950. The molecule has 7 aromatic rings. The van der Waals surface area contributed by atoms with Crippen molar-refractivity contribution in [1.82, 2.24) is 34.9 Å². The van der Waals surface area contributed by atoms with Gasteiger partial charge in [-0.25, -0.2) is 13.2 Å². The molecule has 0 bridgehead atoms. The van der Waals surface area contributed by atoms with Crippen LogP contribution in [0.5, 0.6) is 0 Å². The maximum absolute atomic E-state index is 13.0. The second kappa shape index (κ2) is 24.5. The first-order valence-electron chi connectivity index (χ1n) is 19.4. The number of halogens is 4. The summed E-state index contributed by atoms with van der Waals surface area (Å²) in [6.45, 7) is 7.83. The summed E-state index contributed by atoms with van der Waals surface area (Å²) in [5, 5.41) is 31.0. The minimum atomic E-state index is -0.640. The maximum atomic E-state index is 13.0. The van der Waals surface area contributed by atoms with E-state index in [4.69, 9.17) is 38.0 Å². The zero-order valence-corrected chi connectivity index (χ0v) is 38.2. The molecule has 7 aromatic heterocycles. The van der Waals surface area contributed by atoms with Crippen molar-refractivity contribution in [2.45, 2.75) is 46.3 Å². The highest BCUT2D eigenvalue weighted by molar-refractivity contribution is 9.10. The van der Waals surface area contributed by atoms with Crippen LogP contribution in [0, 0.1) is 47.8 Å². The van der Waals surface area contributed by atoms with Crippen LogP contribution in [0.2, 0.25) is 0 Å². The molecule has 1 fully saturated rings. The molecule has 10 N–H and O–H groups in total. The Kier molecular flexibility index (Phi) is 19.5. The minimum Gasteiger partial charge on any atom is -0.399 e. The molecule has 0 unspecified atom stereocenters. The van der Waals surface area contributed by atoms with Gasteiger partial charge in [0.05, 0.1) is 66.6 Å². The van der Waals surface area contributed by atoms with Gasteiger partial charge in [-0.05, 0) is 67.9 Å². The second-order valence-corrected chi connectivity index (χ2v) is 15.7. The van der Waals surface area contributed by atoms with E-state index in [0.29, 0.717) is 38.0 Å². The molecule has 1 aliphatic heterocycles. The first-order valence-corrected chi connectivity index (χ1v) is 20.1. The fourth-order valence-corrected chi connectivity index (χ4v) is 5.66. The van der Waals surface area contributed by atoms with Crippen molar-refractivity contribution < 1.29 is 37.2 Å². The lowest BCUT2D eigenvalue weighted by atomic mass is 9.80. The highest BCUT2D eigenvalue weighted by atomic mass is 79.9. The van der Waals surface area contributed by atoms with Crippen LogP contribution >= 0.6 is 15.9 Å². The van der Waals surface area contributed by atoms with Gasteiger partial charge in [-0.3, -0.25) is 65.2 Å². The SMILES string of the molecule is C.CC1(C)OB(c2cncc(F)c2)OC1(C)C.Nc1c(-c2cncc(F)c2)cncc1[N+](=O)[O-].Nc1c(Br)cncc1[N+](=O)[O-].Nc1ccncc1[N+](=O)[O-].Nc1cncc(-c2cncc(F)c2)c1N. The Morgan fingerprint density at radius 3 is 1.39 bits per heavy atom. The number of nitrogens with two attached hydrogens (primary N) is 5. The van der Waals surface area contributed by atoms with Crippen molar-refractivity contribution >= 4 is 74.0 Å². The molecule has 0 saturated carbocycles. The molecule has 23 nitrogen and oxygen atoms in total. The highest BCUT2D eigenvalue weighted by Gasteiger charge is 2.51. The average Bonchev–Trinajstić information content (AvgIpc) is 3.52. The zero-order chi connectivity index (χ0) is 51.2. The van der Waals surface area contributed by atoms with Crippen LogP contribution < -0.4 is 34.1 Å². The van der Waals surface area contributed by atoms with Gasteiger partial charge < -0.3 is 38.0 Å². The van der Waals surface area contributed by atoms with E-state index in [1.165, 1.54) is 67.6 Å². The Morgan fingerprint density at radius 1 is 0.529 bits per heavy atom. The molecular formula is C42H44BBrF3N15O8. The van der Waals surface area contributed by atoms with E-state index in [-0.39, 0.29) is 52.9 Å². The average molecular weight is 1030 g/mol. The number of nitrogen functional groups attached to an aromatic ring is 5. The number of nitro groups is 3. The molecule has 0 amide bonds. The molecule has 8 rings (SSSR count). The Labute approximate surface area is 405 Å². The van der Waals surface area contributed by atoms with Crippen LogP contribution in [0.3, 0.4) is 0 Å². The topological polar surface area (TPSA) is 368 Å². The first-order chi connectivity index (χ1) is 32.4. The van der Waals surface area contributed by atoms with E-state index in [9.17, 15) is 43.5 Å². The molecule has 0 radical (unpaired) electrons. The van der Waals surface area contributed by atoms with Gasteiger partial charge in [0.1, 0.15) is 53.1 Å². The monoisotopic (exact) mass is 1030 g/mol. The number of rotatable bonds is 6. The summed E-state index contributed by atoms with van der Waals surface area (Å²) in [6, 6.07) is 5.29. The van der Waals surface area contributed by atoms with Gasteiger partial charge in [0.2, 0.25) is 0 Å². The lowest BCUT2D eigenvalue weighted by Crippen LogP contribution is -2.41. The van der Waals surface area contributed by atoms with E-state index in [0.717, 1.165) is 37.2 Å². The summed E-state index contributed by atoms with van der Waals surface area (Å²) < 4.78 is 50.9. The van der Waals surface area contributed by atoms with Crippen LogP contribution in [-0.2, 0) is 9.31 Å². The molecule has 0 spiro atoms. The van der Waals surface area contributed by atoms with Crippen molar-refractivity contribution in [1.29, 1.82) is 0 Å². The van der Waals surface area contributed by atoms with Crippen LogP contribution in [-0.4, -0.2) is 68.0 Å². The fraction of sp³-hybridized carbons (Fsp3) is 0.167. The van der Waals surface area contributed by atoms with Gasteiger partial charge in [0.15, 0.2) is 0 Å². The van der Waals surface area contributed by atoms with Crippen LogP contribution in [0.1, 0.15) is 35.1 Å². The van der Waals surface area contributed by atoms with Crippen molar-refractivity contribution in [3.8, 4) is 22.3 Å². The summed E-state index contributed by atoms with van der Waals surface area (Å²) in [6.07, 6.45) is 18.2. The van der Waals surface area contributed by atoms with Gasteiger partial charge in [-0.15, -0.1) is 0 Å². The molecule has 0 atom stereocenters. The molecule has 0 aromatic carbocycles. The third kappa shape index (κ3) is 14.8. The summed E-state index contributed by atoms with van der Waals surface area (Å²) in [4.78, 5) is 55.1. The van der Waals surface area contributed by atoms with E-state index in [1.807, 2.05) is 27.7 Å². The van der Waals surface area contributed by atoms with Crippen molar-refractivity contribution in [2.75, 3.05) is 28.7 Å². The number of aromatic nitrogens is 7. The minimum absolute atomic E-state index is 0. The number of anilines is 5. The second-order valence-electron chi connectivity index (χ2n) is 14.9. The quantitative estimate of drug-likeness (QED) is 0.0620. The van der Waals surface area contributed by atoms with Crippen LogP contribution in [0.15, 0.2) is 115 Å². The summed E-state index contributed by atoms with van der Waals surface area (Å²) in [5.41, 5.74) is 29.4. The number of nitrogens with zero attached hydrogens (tertiary/aromatic N) is 10. The van der Waals surface area contributed by atoms with E-state index in [1.54, 1.807) is 6.20 Å². The van der Waals surface area contributed by atoms with Crippen molar-refractivity contribution in [2.24, 2.45) is 0 Å². The molecule has 1 saturated heterocycles. The van der Waals surface area contributed by atoms with Crippen molar-refractivity contribution in [3.63, 3.8) is 0 Å². The lowest BCUT2D eigenvalue weighted by Gasteiger charge is -2.32. The first kappa shape index (κ1) is 55.8. The van der Waals surface area contributed by atoms with Crippen molar-refractivity contribution in [3.05, 3.63) is 163 Å². The zero-order valence-electron chi connectivity index (χ0n) is 36.6. The van der Waals surface area contributed by atoms with E-state index < -0.39 is 44.7 Å². The highest BCUT2D eigenvalue weighted by Crippen LogP contribution is 2.37. The predicted molar refractivity (Wildman–Crippen MR) is 260 cm³/mol. The molecule has 366 valence electrons. The van der Waals surface area contributed by atoms with Crippen LogP contribution in [0.25, 0.3) is 22.3 Å². The van der Waals surface area contributed by atoms with Gasteiger partial charge >= 0.3 is 24.2 Å². The Morgan fingerprint density at radius 2 is 0.943 bits per heavy atom. The molecule has 0 aliphatic carbocycles. The van der Waals surface area contributed by atoms with Gasteiger partial charge in [-0.2, -0.15) is 0 Å².